The molecule has 4 aromatic rings. The van der Waals surface area contributed by atoms with Crippen molar-refractivity contribution in [3.05, 3.63) is 53.2 Å². The number of nitrogens with zero attached hydrogens (tertiary/aromatic N) is 2. The number of hydrogen-bond donors (Lipinski definition) is 3. The first-order valence-corrected chi connectivity index (χ1v) is 14.9. The minimum absolute atomic E-state index is 0.00778. The van der Waals surface area contributed by atoms with E-state index in [0.29, 0.717) is 25.6 Å². The average Bonchev–Trinajstić information content (AvgIpc) is 3.50. The van der Waals surface area contributed by atoms with Gasteiger partial charge in [0.05, 0.1) is 16.8 Å². The van der Waals surface area contributed by atoms with Crippen molar-refractivity contribution < 1.29 is 9.53 Å². The lowest BCUT2D eigenvalue weighted by Crippen LogP contribution is -2.35. The van der Waals surface area contributed by atoms with Crippen molar-refractivity contribution in [3.63, 3.8) is 0 Å². The minimum atomic E-state index is 0.00778. The summed E-state index contributed by atoms with van der Waals surface area (Å²) in [6.45, 7) is 10.4. The van der Waals surface area contributed by atoms with Crippen LogP contribution in [0.5, 0.6) is 0 Å². The summed E-state index contributed by atoms with van der Waals surface area (Å²) < 4.78 is 6.18. The van der Waals surface area contributed by atoms with Gasteiger partial charge in [-0.2, -0.15) is 0 Å². The molecule has 0 bridgehead atoms. The first-order valence-electron chi connectivity index (χ1n) is 13.3. The van der Waals surface area contributed by atoms with E-state index in [-0.39, 0.29) is 11.9 Å². The van der Waals surface area contributed by atoms with Crippen LogP contribution in [-0.2, 0) is 16.0 Å². The molecule has 0 radical (unpaired) electrons. The number of anilines is 1. The molecule has 1 amide bonds. The van der Waals surface area contributed by atoms with Crippen LogP contribution in [0.1, 0.15) is 50.6 Å². The fourth-order valence-corrected chi connectivity index (χ4v) is 7.06. The van der Waals surface area contributed by atoms with E-state index in [1.807, 2.05) is 26.1 Å². The number of rotatable bonds is 9. The number of benzene rings is 1. The molecule has 0 saturated heterocycles. The van der Waals surface area contributed by atoms with Gasteiger partial charge in [0, 0.05) is 67.1 Å². The summed E-state index contributed by atoms with van der Waals surface area (Å²) in [4.78, 5) is 23.4. The number of thiophene rings is 1. The summed E-state index contributed by atoms with van der Waals surface area (Å²) in [6, 6.07) is 11.0. The Labute approximate surface area is 233 Å². The first kappa shape index (κ1) is 28.3. The molecule has 0 fully saturated rings. The number of carbonyl (C=O) groups is 1. The third-order valence-electron chi connectivity index (χ3n) is 6.34. The molecule has 4 heterocycles. The van der Waals surface area contributed by atoms with Crippen molar-refractivity contribution in [1.29, 1.82) is 0 Å². The van der Waals surface area contributed by atoms with Gasteiger partial charge in [-0.1, -0.05) is 26.0 Å². The Morgan fingerprint density at radius 2 is 2.00 bits per heavy atom. The van der Waals surface area contributed by atoms with Crippen LogP contribution in [0.25, 0.3) is 31.9 Å². The van der Waals surface area contributed by atoms with Crippen LogP contribution in [-0.4, -0.2) is 48.7 Å². The minimum Gasteiger partial charge on any atom is -0.383 e. The van der Waals surface area contributed by atoms with Crippen LogP contribution in [0, 0.1) is 0 Å². The highest BCUT2D eigenvalue weighted by molar-refractivity contribution is 7.23. The number of carbonyl (C=O) groups excluding carboxylic acids is 1. The van der Waals surface area contributed by atoms with E-state index in [4.69, 9.17) is 9.72 Å². The molecule has 202 valence electrons. The molecule has 0 spiro atoms. The summed E-state index contributed by atoms with van der Waals surface area (Å²) >= 11 is 3.36. The topological polar surface area (TPSA) is 88.2 Å². The summed E-state index contributed by atoms with van der Waals surface area (Å²) in [5.74, 6) is 0.00778. The zero-order chi connectivity index (χ0) is 27.1. The van der Waals surface area contributed by atoms with E-state index < -0.39 is 0 Å². The third kappa shape index (κ3) is 6.47. The van der Waals surface area contributed by atoms with Crippen molar-refractivity contribution in [2.75, 3.05) is 32.1 Å². The van der Waals surface area contributed by atoms with E-state index in [1.54, 1.807) is 36.0 Å². The number of hydrogen-bond acceptors (Lipinski definition) is 8. The first-order chi connectivity index (χ1) is 18.5. The van der Waals surface area contributed by atoms with E-state index in [9.17, 15) is 4.79 Å². The van der Waals surface area contributed by atoms with Crippen molar-refractivity contribution in [3.8, 4) is 21.7 Å². The van der Waals surface area contributed by atoms with Gasteiger partial charge in [-0.3, -0.25) is 9.78 Å². The molecule has 3 aromatic heterocycles. The van der Waals surface area contributed by atoms with Crippen molar-refractivity contribution >= 4 is 43.8 Å². The maximum absolute atomic E-state index is 12.8. The van der Waals surface area contributed by atoms with E-state index >= 15 is 0 Å². The Hall–Kier alpha value is -2.69. The summed E-state index contributed by atoms with van der Waals surface area (Å²) in [7, 11) is 1.67. The monoisotopic (exact) mass is 551 g/mol. The Bertz CT molecular complexity index is 1350. The molecule has 1 aromatic carbocycles. The number of aromatic nitrogens is 2. The summed E-state index contributed by atoms with van der Waals surface area (Å²) in [5, 5.41) is 12.0. The maximum Gasteiger partial charge on any atom is 0.226 e. The zero-order valence-electron chi connectivity index (χ0n) is 22.8. The van der Waals surface area contributed by atoms with Gasteiger partial charge in [0.15, 0.2) is 0 Å². The molecule has 1 aliphatic rings. The zero-order valence-corrected chi connectivity index (χ0v) is 24.4. The molecule has 0 saturated carbocycles. The van der Waals surface area contributed by atoms with Crippen LogP contribution in [0.15, 0.2) is 42.7 Å². The Kier molecular flexibility index (Phi) is 9.98. The van der Waals surface area contributed by atoms with Gasteiger partial charge in [-0.15, -0.1) is 22.7 Å². The van der Waals surface area contributed by atoms with Crippen LogP contribution < -0.4 is 16.0 Å². The molecule has 9 heteroatoms. The highest BCUT2D eigenvalue weighted by Crippen LogP contribution is 2.47. The molecule has 7 nitrogen and oxygen atoms in total. The number of nitrogens with one attached hydrogen (secondary N) is 3. The fourth-order valence-electron chi connectivity index (χ4n) is 4.65. The molecule has 0 aliphatic carbocycles. The van der Waals surface area contributed by atoms with Gasteiger partial charge in [0.1, 0.15) is 10.0 Å². The molecular weight excluding hydrogens is 514 g/mol. The average molecular weight is 552 g/mol. The standard InChI is InChI=1S/C27H31N5O2S2.C2H6/c1-16-13-20-24(26-31-21-7-6-18(14-22(21)35-26)19-5-4-9-29-15-19)27(36-25(20)17(2)30-16)32-23(33)8-10-28-11-12-34-3;1-2/h4-7,9,14-17,28,30H,8,10-13H2,1-3H3,(H,32,33);1-2H3. The molecule has 38 heavy (non-hydrogen) atoms. The Balaban J connectivity index is 0.00000164. The van der Waals surface area contributed by atoms with E-state index in [1.165, 1.54) is 10.4 Å². The molecule has 2 atom stereocenters. The summed E-state index contributed by atoms with van der Waals surface area (Å²) in [5.41, 5.74) is 5.57. The summed E-state index contributed by atoms with van der Waals surface area (Å²) in [6.07, 6.45) is 4.99. The number of ether oxygens (including phenoxy) is 1. The molecule has 5 rings (SSSR count). The van der Waals surface area contributed by atoms with Crippen LogP contribution >= 0.6 is 22.7 Å². The quantitative estimate of drug-likeness (QED) is 0.213. The van der Waals surface area contributed by atoms with Crippen molar-refractivity contribution in [1.82, 2.24) is 20.6 Å². The smallest absolute Gasteiger partial charge is 0.226 e. The van der Waals surface area contributed by atoms with Crippen molar-refractivity contribution in [2.45, 2.75) is 52.6 Å². The predicted octanol–water partition coefficient (Wildman–Crippen LogP) is 6.27. The van der Waals surface area contributed by atoms with Gasteiger partial charge in [-0.05, 0) is 49.6 Å². The normalized spacial score (nSPS) is 16.6. The number of methoxy groups -OCH3 is 1. The Morgan fingerprint density at radius 1 is 1.16 bits per heavy atom. The van der Waals surface area contributed by atoms with Gasteiger partial charge in [0.2, 0.25) is 5.91 Å². The number of fused-ring (bicyclic) bond motifs is 2. The second kappa shape index (κ2) is 13.4. The predicted molar refractivity (Wildman–Crippen MR) is 160 cm³/mol. The lowest BCUT2D eigenvalue weighted by Gasteiger charge is -2.26. The molecule has 1 aliphatic heterocycles. The van der Waals surface area contributed by atoms with Gasteiger partial charge < -0.3 is 20.7 Å². The van der Waals surface area contributed by atoms with Crippen LogP contribution in [0.2, 0.25) is 0 Å². The lowest BCUT2D eigenvalue weighted by molar-refractivity contribution is -0.116. The van der Waals surface area contributed by atoms with Crippen molar-refractivity contribution in [2.24, 2.45) is 0 Å². The van der Waals surface area contributed by atoms with Gasteiger partial charge in [0.25, 0.3) is 0 Å². The number of thiazole rings is 1. The number of amides is 1. The van der Waals surface area contributed by atoms with Crippen LogP contribution in [0.4, 0.5) is 5.00 Å². The molecule has 3 N–H and O–H groups in total. The van der Waals surface area contributed by atoms with Gasteiger partial charge in [-0.25, -0.2) is 4.98 Å². The van der Waals surface area contributed by atoms with E-state index in [2.05, 4.69) is 59.0 Å². The second-order valence-corrected chi connectivity index (χ2v) is 11.2. The van der Waals surface area contributed by atoms with Crippen LogP contribution in [0.3, 0.4) is 0 Å². The number of pyridine rings is 1. The largest absolute Gasteiger partial charge is 0.383 e. The van der Waals surface area contributed by atoms with Gasteiger partial charge >= 0.3 is 0 Å². The lowest BCUT2D eigenvalue weighted by atomic mass is 9.95. The highest BCUT2D eigenvalue weighted by atomic mass is 32.1. The fraction of sp³-hybridized carbons (Fsp3) is 0.414. The third-order valence-corrected chi connectivity index (χ3v) is 8.70. The second-order valence-electron chi connectivity index (χ2n) is 9.13. The Morgan fingerprint density at radius 3 is 2.76 bits per heavy atom. The molecule has 2 unspecified atom stereocenters. The molecular formula is C29H37N5O2S2. The van der Waals surface area contributed by atoms with E-state index in [0.717, 1.165) is 49.9 Å². The maximum atomic E-state index is 12.8. The highest BCUT2D eigenvalue weighted by Gasteiger charge is 2.30. The SMILES string of the molecule is CC.COCCNCCC(=O)Nc1sc2c(c1-c1nc3ccc(-c4cccnc4)cc3s1)CC(C)NC2C.